The van der Waals surface area contributed by atoms with Crippen LogP contribution in [0.25, 0.3) is 0 Å². The Hall–Kier alpha value is -2.84. The molecule has 118 valence electrons. The zero-order valence-electron chi connectivity index (χ0n) is 13.1. The largest absolute Gasteiger partial charge is 0.455 e. The second kappa shape index (κ2) is 7.43. The summed E-state index contributed by atoms with van der Waals surface area (Å²) in [5.74, 6) is 0.516. The minimum absolute atomic E-state index is 0.224. The molecule has 0 saturated heterocycles. The number of carbonyl (C=O) groups is 1. The first-order chi connectivity index (χ1) is 11.0. The van der Waals surface area contributed by atoms with Gasteiger partial charge < -0.3 is 14.7 Å². The van der Waals surface area contributed by atoms with Crippen molar-refractivity contribution in [2.24, 2.45) is 0 Å². The summed E-state index contributed by atoms with van der Waals surface area (Å²) in [5, 5.41) is 18.6. The normalized spacial score (nSPS) is 11.4. The molecule has 0 aliphatic heterocycles. The third-order valence-electron chi connectivity index (χ3n) is 3.23. The number of nitrogens with zero attached hydrogens (tertiary/aromatic N) is 2. The van der Waals surface area contributed by atoms with E-state index in [2.05, 4.69) is 6.07 Å². The predicted octanol–water partition coefficient (Wildman–Crippen LogP) is 2.80. The molecule has 1 unspecified atom stereocenters. The summed E-state index contributed by atoms with van der Waals surface area (Å²) in [6.07, 6.45) is -0.614. The second-order valence-electron chi connectivity index (χ2n) is 5.24. The van der Waals surface area contributed by atoms with Crippen molar-refractivity contribution in [2.75, 3.05) is 13.6 Å². The molecule has 2 rings (SSSR count). The molecular formula is C18H18N2O3. The van der Waals surface area contributed by atoms with E-state index < -0.39 is 6.10 Å². The monoisotopic (exact) mass is 310 g/mol. The van der Waals surface area contributed by atoms with Crippen LogP contribution in [-0.4, -0.2) is 35.6 Å². The molecule has 1 amide bonds. The van der Waals surface area contributed by atoms with Gasteiger partial charge in [0.2, 0.25) is 0 Å². The summed E-state index contributed by atoms with van der Waals surface area (Å²) in [6.45, 7) is 1.84. The lowest BCUT2D eigenvalue weighted by atomic mass is 10.1. The van der Waals surface area contributed by atoms with Gasteiger partial charge in [-0.2, -0.15) is 5.26 Å². The van der Waals surface area contributed by atoms with Gasteiger partial charge >= 0.3 is 0 Å². The van der Waals surface area contributed by atoms with Crippen molar-refractivity contribution in [1.29, 1.82) is 5.26 Å². The lowest BCUT2D eigenvalue weighted by Crippen LogP contribution is -2.33. The fourth-order valence-corrected chi connectivity index (χ4v) is 2.18. The van der Waals surface area contributed by atoms with E-state index >= 15 is 0 Å². The van der Waals surface area contributed by atoms with E-state index in [1.807, 2.05) is 0 Å². The van der Waals surface area contributed by atoms with E-state index in [0.29, 0.717) is 22.6 Å². The van der Waals surface area contributed by atoms with Crippen LogP contribution in [-0.2, 0) is 0 Å². The molecule has 5 nitrogen and oxygen atoms in total. The molecule has 0 spiro atoms. The van der Waals surface area contributed by atoms with Crippen molar-refractivity contribution in [2.45, 2.75) is 13.0 Å². The molecule has 1 atom stereocenters. The fourth-order valence-electron chi connectivity index (χ4n) is 2.18. The molecule has 0 heterocycles. The molecule has 23 heavy (non-hydrogen) atoms. The van der Waals surface area contributed by atoms with E-state index in [9.17, 15) is 9.90 Å². The molecule has 0 aromatic heterocycles. The summed E-state index contributed by atoms with van der Waals surface area (Å²) in [5.41, 5.74) is 0.774. The Balaban J connectivity index is 2.31. The second-order valence-corrected chi connectivity index (χ2v) is 5.24. The lowest BCUT2D eigenvalue weighted by Gasteiger charge is -2.20. The maximum absolute atomic E-state index is 12.5. The van der Waals surface area contributed by atoms with E-state index in [0.717, 1.165) is 0 Å². The van der Waals surface area contributed by atoms with Gasteiger partial charge in [-0.05, 0) is 31.2 Å². The van der Waals surface area contributed by atoms with Crippen LogP contribution >= 0.6 is 0 Å². The van der Waals surface area contributed by atoms with Gasteiger partial charge in [0.05, 0.1) is 17.2 Å². The Bertz CT molecular complexity index is 735. The number of carbonyl (C=O) groups excluding carboxylic acids is 1. The molecule has 0 saturated carbocycles. The van der Waals surface area contributed by atoms with Gasteiger partial charge in [0.15, 0.2) is 0 Å². The summed E-state index contributed by atoms with van der Waals surface area (Å²) in [4.78, 5) is 13.9. The Labute approximate surface area is 135 Å². The van der Waals surface area contributed by atoms with Crippen LogP contribution in [0.2, 0.25) is 0 Å². The molecule has 0 aliphatic carbocycles. The van der Waals surface area contributed by atoms with Crippen LogP contribution in [0, 0.1) is 11.3 Å². The average Bonchev–Trinajstić information content (AvgIpc) is 2.54. The van der Waals surface area contributed by atoms with E-state index in [1.165, 1.54) is 4.90 Å². The van der Waals surface area contributed by atoms with Crippen LogP contribution in [0.5, 0.6) is 11.5 Å². The van der Waals surface area contributed by atoms with E-state index in [1.54, 1.807) is 62.5 Å². The molecule has 0 radical (unpaired) electrons. The standard InChI is InChI=1S/C18H18N2O3/c1-13(21)12-20(2)18(22)15-8-4-6-10-17(15)23-16-9-5-3-7-14(16)11-19/h3-10,13,21H,12H2,1-2H3. The van der Waals surface area contributed by atoms with Crippen molar-refractivity contribution >= 4 is 5.91 Å². The van der Waals surface area contributed by atoms with Crippen LogP contribution in [0.1, 0.15) is 22.8 Å². The number of benzene rings is 2. The van der Waals surface area contributed by atoms with Gasteiger partial charge in [-0.15, -0.1) is 0 Å². The maximum Gasteiger partial charge on any atom is 0.257 e. The first-order valence-electron chi connectivity index (χ1n) is 7.22. The number of para-hydroxylation sites is 2. The number of aliphatic hydroxyl groups is 1. The van der Waals surface area contributed by atoms with Gasteiger partial charge in [0.25, 0.3) is 5.91 Å². The Morgan fingerprint density at radius 2 is 1.83 bits per heavy atom. The molecule has 0 aliphatic rings. The predicted molar refractivity (Wildman–Crippen MR) is 86.3 cm³/mol. The summed E-state index contributed by atoms with van der Waals surface area (Å²) >= 11 is 0. The highest BCUT2D eigenvalue weighted by atomic mass is 16.5. The third kappa shape index (κ3) is 4.09. The van der Waals surface area contributed by atoms with Crippen molar-refractivity contribution in [3.8, 4) is 17.6 Å². The van der Waals surface area contributed by atoms with Crippen LogP contribution in [0.4, 0.5) is 0 Å². The Morgan fingerprint density at radius 1 is 1.22 bits per heavy atom. The lowest BCUT2D eigenvalue weighted by molar-refractivity contribution is 0.0701. The van der Waals surface area contributed by atoms with E-state index in [4.69, 9.17) is 10.00 Å². The van der Waals surface area contributed by atoms with E-state index in [-0.39, 0.29) is 12.5 Å². The molecule has 2 aromatic rings. The highest BCUT2D eigenvalue weighted by Crippen LogP contribution is 2.28. The smallest absolute Gasteiger partial charge is 0.257 e. The maximum atomic E-state index is 12.5. The minimum Gasteiger partial charge on any atom is -0.455 e. The molecule has 5 heteroatoms. The van der Waals surface area contributed by atoms with Gasteiger partial charge in [0.1, 0.15) is 17.6 Å². The molecular weight excluding hydrogens is 292 g/mol. The minimum atomic E-state index is -0.614. The first kappa shape index (κ1) is 16.5. The third-order valence-corrected chi connectivity index (χ3v) is 3.23. The Kier molecular flexibility index (Phi) is 5.34. The molecule has 1 N–H and O–H groups in total. The van der Waals surface area contributed by atoms with Crippen LogP contribution < -0.4 is 4.74 Å². The quantitative estimate of drug-likeness (QED) is 0.921. The number of amides is 1. The highest BCUT2D eigenvalue weighted by Gasteiger charge is 2.18. The van der Waals surface area contributed by atoms with Crippen LogP contribution in [0.15, 0.2) is 48.5 Å². The number of nitriles is 1. The van der Waals surface area contributed by atoms with Gasteiger partial charge in [-0.25, -0.2) is 0 Å². The molecule has 0 bridgehead atoms. The van der Waals surface area contributed by atoms with Crippen LogP contribution in [0.3, 0.4) is 0 Å². The fraction of sp³-hybridized carbons (Fsp3) is 0.222. The highest BCUT2D eigenvalue weighted by molar-refractivity contribution is 5.96. The van der Waals surface area contributed by atoms with Gasteiger partial charge in [-0.1, -0.05) is 24.3 Å². The van der Waals surface area contributed by atoms with Crippen molar-refractivity contribution in [3.05, 3.63) is 59.7 Å². The van der Waals surface area contributed by atoms with Gasteiger partial charge in [0, 0.05) is 13.6 Å². The van der Waals surface area contributed by atoms with Crippen molar-refractivity contribution in [3.63, 3.8) is 0 Å². The summed E-state index contributed by atoms with van der Waals surface area (Å²) < 4.78 is 5.78. The number of rotatable bonds is 5. The summed E-state index contributed by atoms with van der Waals surface area (Å²) in [6, 6.07) is 15.7. The number of ether oxygens (including phenoxy) is 1. The Morgan fingerprint density at radius 3 is 2.48 bits per heavy atom. The summed E-state index contributed by atoms with van der Waals surface area (Å²) in [7, 11) is 1.62. The molecule has 2 aromatic carbocycles. The number of hydrogen-bond donors (Lipinski definition) is 1. The zero-order valence-corrected chi connectivity index (χ0v) is 13.1. The van der Waals surface area contributed by atoms with Crippen molar-refractivity contribution < 1.29 is 14.6 Å². The van der Waals surface area contributed by atoms with Gasteiger partial charge in [-0.3, -0.25) is 4.79 Å². The molecule has 0 fully saturated rings. The number of likely N-dealkylation sites (N-methyl/N-ethyl adjacent to an activating group) is 1. The SMILES string of the molecule is CC(O)CN(C)C(=O)c1ccccc1Oc1ccccc1C#N. The zero-order chi connectivity index (χ0) is 16.8. The topological polar surface area (TPSA) is 73.6 Å². The number of aliphatic hydroxyl groups excluding tert-OH is 1. The first-order valence-corrected chi connectivity index (χ1v) is 7.22. The van der Waals surface area contributed by atoms with Crippen molar-refractivity contribution in [1.82, 2.24) is 4.90 Å². The average molecular weight is 310 g/mol. The number of hydrogen-bond acceptors (Lipinski definition) is 4.